The average Bonchev–Trinajstić information content (AvgIpc) is 2.80. The highest BCUT2D eigenvalue weighted by molar-refractivity contribution is 14.0. The fourth-order valence-electron chi connectivity index (χ4n) is 2.09. The number of hydrogen-bond acceptors (Lipinski definition) is 2. The molecule has 25 heavy (non-hydrogen) atoms. The molecule has 1 heterocycles. The van der Waals surface area contributed by atoms with E-state index in [2.05, 4.69) is 15.6 Å². The Morgan fingerprint density at radius 3 is 2.56 bits per heavy atom. The van der Waals surface area contributed by atoms with Gasteiger partial charge in [-0.05, 0) is 30.7 Å². The largest absolute Gasteiger partial charge is 0.505 e. The smallest absolute Gasteiger partial charge is 0.191 e. The summed E-state index contributed by atoms with van der Waals surface area (Å²) in [6, 6.07) is 5.99. The molecular formula is C16H20Cl2FIN4O. The zero-order valence-corrected chi connectivity index (χ0v) is 17.7. The summed E-state index contributed by atoms with van der Waals surface area (Å²) in [5, 5.41) is 16.5. The van der Waals surface area contributed by atoms with Crippen LogP contribution >= 0.6 is 47.2 Å². The minimum atomic E-state index is -0.659. The average molecular weight is 501 g/mol. The number of halogens is 4. The summed E-state index contributed by atoms with van der Waals surface area (Å²) in [5.41, 5.74) is 1.57. The monoisotopic (exact) mass is 500 g/mol. The third-order valence-electron chi connectivity index (χ3n) is 3.43. The number of benzene rings is 1. The molecule has 0 radical (unpaired) electrons. The van der Waals surface area contributed by atoms with Crippen LogP contribution in [0.5, 0.6) is 5.75 Å². The van der Waals surface area contributed by atoms with Crippen LogP contribution in [0, 0.1) is 5.82 Å². The summed E-state index contributed by atoms with van der Waals surface area (Å²) in [5.74, 6) is -0.446. The Morgan fingerprint density at radius 1 is 1.28 bits per heavy atom. The van der Waals surface area contributed by atoms with Crippen LogP contribution in [0.3, 0.4) is 0 Å². The molecule has 0 fully saturated rings. The van der Waals surface area contributed by atoms with Crippen LogP contribution < -0.4 is 10.6 Å². The number of aromatic hydroxyl groups is 1. The van der Waals surface area contributed by atoms with Crippen molar-refractivity contribution in [1.82, 2.24) is 15.2 Å². The standard InChI is InChI=1S/C16H19Cl2FN4O.HI/c1-3-20-16(21-8-10-4-5-14(24)13(19)6-10)22-9-11-7-12(17)15(18)23(11)2;/h4-7,24H,3,8-9H2,1-2H3,(H2,20,21,22);1H. The van der Waals surface area contributed by atoms with E-state index in [1.165, 1.54) is 12.1 Å². The molecule has 0 aliphatic rings. The minimum absolute atomic E-state index is 0. The third-order valence-corrected chi connectivity index (χ3v) is 4.27. The Morgan fingerprint density at radius 2 is 2.00 bits per heavy atom. The first-order chi connectivity index (χ1) is 11.4. The van der Waals surface area contributed by atoms with Crippen LogP contribution in [0.2, 0.25) is 10.2 Å². The zero-order valence-electron chi connectivity index (χ0n) is 13.8. The lowest BCUT2D eigenvalue weighted by molar-refractivity contribution is 0.432. The Labute approximate surface area is 173 Å². The van der Waals surface area contributed by atoms with Gasteiger partial charge in [0.25, 0.3) is 0 Å². The van der Waals surface area contributed by atoms with Crippen LogP contribution in [0.25, 0.3) is 0 Å². The fourth-order valence-corrected chi connectivity index (χ4v) is 2.51. The number of rotatable bonds is 5. The normalized spacial score (nSPS) is 11.2. The number of aromatic nitrogens is 1. The van der Waals surface area contributed by atoms with E-state index in [4.69, 9.17) is 23.2 Å². The van der Waals surface area contributed by atoms with Gasteiger partial charge in [-0.15, -0.1) is 24.0 Å². The summed E-state index contributed by atoms with van der Waals surface area (Å²) in [6.07, 6.45) is 0. The van der Waals surface area contributed by atoms with Crippen LogP contribution in [0.4, 0.5) is 4.39 Å². The number of nitrogens with one attached hydrogen (secondary N) is 2. The van der Waals surface area contributed by atoms with Crippen LogP contribution in [-0.4, -0.2) is 22.2 Å². The molecule has 1 aromatic carbocycles. The molecular weight excluding hydrogens is 481 g/mol. The topological polar surface area (TPSA) is 61.6 Å². The highest BCUT2D eigenvalue weighted by Gasteiger charge is 2.09. The van der Waals surface area contributed by atoms with Gasteiger partial charge in [0.15, 0.2) is 17.5 Å². The maximum Gasteiger partial charge on any atom is 0.191 e. The van der Waals surface area contributed by atoms with Gasteiger partial charge >= 0.3 is 0 Å². The molecule has 138 valence electrons. The van der Waals surface area contributed by atoms with Gasteiger partial charge < -0.3 is 20.3 Å². The van der Waals surface area contributed by atoms with Crippen molar-refractivity contribution >= 4 is 53.1 Å². The van der Waals surface area contributed by atoms with Crippen molar-refractivity contribution in [3.63, 3.8) is 0 Å². The first-order valence-electron chi connectivity index (χ1n) is 7.41. The van der Waals surface area contributed by atoms with Crippen LogP contribution in [0.15, 0.2) is 29.3 Å². The second kappa shape index (κ2) is 10.1. The maximum absolute atomic E-state index is 13.3. The molecule has 0 atom stereocenters. The minimum Gasteiger partial charge on any atom is -0.505 e. The molecule has 1 aromatic heterocycles. The molecule has 0 aliphatic heterocycles. The molecule has 0 saturated heterocycles. The molecule has 3 N–H and O–H groups in total. The lowest BCUT2D eigenvalue weighted by Crippen LogP contribution is -2.37. The zero-order chi connectivity index (χ0) is 17.7. The molecule has 0 saturated carbocycles. The van der Waals surface area contributed by atoms with Gasteiger partial charge in [-0.1, -0.05) is 29.3 Å². The molecule has 0 unspecified atom stereocenters. The number of phenols is 1. The van der Waals surface area contributed by atoms with Crippen molar-refractivity contribution in [2.75, 3.05) is 6.54 Å². The van der Waals surface area contributed by atoms with Crippen molar-refractivity contribution in [2.45, 2.75) is 20.0 Å². The molecule has 2 aromatic rings. The van der Waals surface area contributed by atoms with Crippen molar-refractivity contribution in [3.05, 3.63) is 51.5 Å². The summed E-state index contributed by atoms with van der Waals surface area (Å²) in [7, 11) is 1.83. The predicted octanol–water partition coefficient (Wildman–Crippen LogP) is 4.05. The summed E-state index contributed by atoms with van der Waals surface area (Å²) in [6.45, 7) is 3.40. The lowest BCUT2D eigenvalue weighted by Gasteiger charge is -2.12. The molecule has 9 heteroatoms. The molecule has 0 aliphatic carbocycles. The Kier molecular flexibility index (Phi) is 8.81. The number of nitrogens with zero attached hydrogens (tertiary/aromatic N) is 2. The first-order valence-corrected chi connectivity index (χ1v) is 8.17. The van der Waals surface area contributed by atoms with Crippen LogP contribution in [0.1, 0.15) is 18.2 Å². The van der Waals surface area contributed by atoms with Gasteiger partial charge in [0.2, 0.25) is 0 Å². The quantitative estimate of drug-likeness (QED) is 0.330. The molecule has 0 bridgehead atoms. The number of aliphatic imine (C=N–C) groups is 1. The van der Waals surface area contributed by atoms with Gasteiger partial charge in [0.05, 0.1) is 18.1 Å². The van der Waals surface area contributed by atoms with Crippen molar-refractivity contribution < 1.29 is 9.50 Å². The number of phenolic OH excluding ortho intramolecular Hbond substituents is 1. The molecule has 0 amide bonds. The van der Waals surface area contributed by atoms with Gasteiger partial charge in [-0.25, -0.2) is 9.38 Å². The van der Waals surface area contributed by atoms with E-state index < -0.39 is 5.82 Å². The Balaban J connectivity index is 0.00000312. The van der Waals surface area contributed by atoms with Crippen LogP contribution in [-0.2, 0) is 20.1 Å². The summed E-state index contributed by atoms with van der Waals surface area (Å²) >= 11 is 12.0. The predicted molar refractivity (Wildman–Crippen MR) is 111 cm³/mol. The second-order valence-corrected chi connectivity index (χ2v) is 5.93. The number of guanidine groups is 1. The van der Waals surface area contributed by atoms with E-state index in [9.17, 15) is 9.50 Å². The third kappa shape index (κ3) is 5.93. The first kappa shape index (κ1) is 21.9. The van der Waals surface area contributed by atoms with Gasteiger partial charge in [0, 0.05) is 19.3 Å². The second-order valence-electron chi connectivity index (χ2n) is 5.17. The summed E-state index contributed by atoms with van der Waals surface area (Å²) in [4.78, 5) is 4.40. The van der Waals surface area contributed by atoms with Crippen molar-refractivity contribution in [1.29, 1.82) is 0 Å². The summed E-state index contributed by atoms with van der Waals surface area (Å²) < 4.78 is 15.1. The highest BCUT2D eigenvalue weighted by Crippen LogP contribution is 2.24. The van der Waals surface area contributed by atoms with Gasteiger partial charge in [-0.3, -0.25) is 0 Å². The van der Waals surface area contributed by atoms with E-state index in [-0.39, 0.29) is 36.3 Å². The van der Waals surface area contributed by atoms with Crippen molar-refractivity contribution in [2.24, 2.45) is 12.0 Å². The van der Waals surface area contributed by atoms with Gasteiger partial charge in [0.1, 0.15) is 5.15 Å². The SMILES string of the molecule is CCNC(=NCc1ccc(O)c(F)c1)NCc1cc(Cl)c(Cl)n1C.I. The molecule has 0 spiro atoms. The van der Waals surface area contributed by atoms with E-state index in [0.29, 0.717) is 34.8 Å². The number of hydrogen-bond donors (Lipinski definition) is 3. The van der Waals surface area contributed by atoms with Gasteiger partial charge in [-0.2, -0.15) is 0 Å². The lowest BCUT2D eigenvalue weighted by atomic mass is 10.2. The fraction of sp³-hybridized carbons (Fsp3) is 0.312. The molecule has 5 nitrogen and oxygen atoms in total. The van der Waals surface area contributed by atoms with E-state index >= 15 is 0 Å². The van der Waals surface area contributed by atoms with E-state index in [1.807, 2.05) is 14.0 Å². The van der Waals surface area contributed by atoms with Crippen molar-refractivity contribution in [3.8, 4) is 5.75 Å². The van der Waals surface area contributed by atoms with E-state index in [1.54, 1.807) is 16.7 Å². The van der Waals surface area contributed by atoms with E-state index in [0.717, 1.165) is 5.69 Å². The maximum atomic E-state index is 13.3. The molecule has 2 rings (SSSR count). The highest BCUT2D eigenvalue weighted by atomic mass is 127. The Hall–Kier alpha value is -1.19. The Bertz CT molecular complexity index is 752.